The van der Waals surface area contributed by atoms with Gasteiger partial charge in [-0.1, -0.05) is 41.4 Å². The summed E-state index contributed by atoms with van der Waals surface area (Å²) in [6, 6.07) is 10.6. The third-order valence-corrected chi connectivity index (χ3v) is 5.02. The Morgan fingerprint density at radius 1 is 1.27 bits per heavy atom. The van der Waals surface area contributed by atoms with E-state index in [4.69, 9.17) is 23.8 Å². The minimum absolute atomic E-state index is 0.414. The van der Waals surface area contributed by atoms with Crippen LogP contribution in [0.3, 0.4) is 0 Å². The van der Waals surface area contributed by atoms with Crippen LogP contribution in [0, 0.1) is 6.92 Å². The summed E-state index contributed by atoms with van der Waals surface area (Å²) in [5.74, 6) is 1.27. The van der Waals surface area contributed by atoms with E-state index in [0.717, 1.165) is 17.9 Å². The van der Waals surface area contributed by atoms with Crippen molar-refractivity contribution in [2.24, 2.45) is 0 Å². The van der Waals surface area contributed by atoms with Gasteiger partial charge in [-0.15, -0.1) is 0 Å². The number of aryl methyl sites for hydroxylation is 1. The van der Waals surface area contributed by atoms with Gasteiger partial charge in [0.2, 0.25) is 5.95 Å². The molecule has 5 nitrogen and oxygen atoms in total. The number of piperidine rings is 1. The lowest BCUT2D eigenvalue weighted by Gasteiger charge is -2.34. The zero-order valence-corrected chi connectivity index (χ0v) is 16.7. The molecule has 1 aliphatic rings. The highest BCUT2D eigenvalue weighted by molar-refractivity contribution is 7.80. The van der Waals surface area contributed by atoms with Crippen LogP contribution in [0.15, 0.2) is 30.3 Å². The third kappa shape index (κ3) is 5.05. The largest absolute Gasteiger partial charge is 0.358 e. The van der Waals surface area contributed by atoms with E-state index < -0.39 is 0 Å². The van der Waals surface area contributed by atoms with Crippen molar-refractivity contribution in [1.29, 1.82) is 0 Å². The van der Waals surface area contributed by atoms with E-state index in [0.29, 0.717) is 28.8 Å². The summed E-state index contributed by atoms with van der Waals surface area (Å²) >= 11 is 11.6. The smallest absolute Gasteiger partial charge is 0.232 e. The zero-order valence-electron chi connectivity index (χ0n) is 15.1. The number of hydrogen-bond donors (Lipinski definition) is 2. The van der Waals surface area contributed by atoms with Crippen molar-refractivity contribution in [3.63, 3.8) is 0 Å². The maximum absolute atomic E-state index is 6.21. The molecule has 3 rings (SSSR count). The molecule has 138 valence electrons. The van der Waals surface area contributed by atoms with Gasteiger partial charge < -0.3 is 15.5 Å². The van der Waals surface area contributed by atoms with Crippen LogP contribution in [0.1, 0.15) is 37.3 Å². The van der Waals surface area contributed by atoms with Crippen LogP contribution >= 0.6 is 23.8 Å². The highest BCUT2D eigenvalue weighted by atomic mass is 35.5. The van der Waals surface area contributed by atoms with E-state index in [1.807, 2.05) is 6.07 Å². The number of rotatable bonds is 4. The summed E-state index contributed by atoms with van der Waals surface area (Å²) in [6.07, 6.45) is 3.60. The summed E-state index contributed by atoms with van der Waals surface area (Å²) in [7, 11) is 0. The lowest BCUT2D eigenvalue weighted by Crippen LogP contribution is -2.38. The topological polar surface area (TPSA) is 53.1 Å². The molecule has 1 atom stereocenters. The van der Waals surface area contributed by atoms with Gasteiger partial charge in [0.1, 0.15) is 11.0 Å². The Bertz CT molecular complexity index is 765. The van der Waals surface area contributed by atoms with Gasteiger partial charge in [0, 0.05) is 25.2 Å². The average Bonchev–Trinajstić information content (AvgIpc) is 2.61. The van der Waals surface area contributed by atoms with Gasteiger partial charge in [0.05, 0.1) is 0 Å². The van der Waals surface area contributed by atoms with E-state index in [9.17, 15) is 0 Å². The molecule has 0 unspecified atom stereocenters. The highest BCUT2D eigenvalue weighted by Gasteiger charge is 2.20. The first kappa shape index (κ1) is 18.9. The van der Waals surface area contributed by atoms with E-state index in [2.05, 4.69) is 63.6 Å². The summed E-state index contributed by atoms with van der Waals surface area (Å²) in [6.45, 7) is 5.92. The van der Waals surface area contributed by atoms with Crippen molar-refractivity contribution in [3.05, 3.63) is 46.6 Å². The molecule has 26 heavy (non-hydrogen) atoms. The molecule has 0 spiro atoms. The van der Waals surface area contributed by atoms with Crippen molar-refractivity contribution in [2.45, 2.75) is 45.7 Å². The first-order chi connectivity index (χ1) is 12.5. The minimum Gasteiger partial charge on any atom is -0.358 e. The molecule has 2 aromatic rings. The number of anilines is 2. The molecule has 0 amide bonds. The molecule has 1 aromatic carbocycles. The quantitative estimate of drug-likeness (QED) is 0.600. The summed E-state index contributed by atoms with van der Waals surface area (Å²) in [5.41, 5.74) is 2.40. The fourth-order valence-corrected chi connectivity index (χ4v) is 3.42. The van der Waals surface area contributed by atoms with E-state index in [1.165, 1.54) is 24.8 Å². The molecular formula is C19H24ClN5S. The van der Waals surface area contributed by atoms with E-state index >= 15 is 0 Å². The third-order valence-electron chi connectivity index (χ3n) is 4.58. The van der Waals surface area contributed by atoms with E-state index in [1.54, 1.807) is 0 Å². The Morgan fingerprint density at radius 3 is 2.77 bits per heavy atom. The standard InChI is InChI=1S/C19H24ClN5S/c1-13-6-8-15(9-7-13)12-21-19(26)24-18-22-16(20)11-17(23-18)25-10-4-3-5-14(25)2/h6-9,11,14H,3-5,10,12H2,1-2H3,(H2,21,22,23,24,26)/t14-/m0/s1. The Hall–Kier alpha value is -1.92. The van der Waals surface area contributed by atoms with Crippen molar-refractivity contribution >= 4 is 40.7 Å². The average molecular weight is 390 g/mol. The maximum atomic E-state index is 6.21. The Labute approximate surface area is 165 Å². The molecule has 0 radical (unpaired) electrons. The fourth-order valence-electron chi connectivity index (χ4n) is 3.08. The SMILES string of the molecule is Cc1ccc(CNC(=S)Nc2nc(Cl)cc(N3CCCC[C@@H]3C)n2)cc1. The van der Waals surface area contributed by atoms with Crippen LogP contribution in [-0.2, 0) is 6.54 Å². The molecular weight excluding hydrogens is 366 g/mol. The van der Waals surface area contributed by atoms with Gasteiger partial charge in [-0.2, -0.15) is 4.98 Å². The molecule has 7 heteroatoms. The van der Waals surface area contributed by atoms with Gasteiger partial charge in [-0.25, -0.2) is 4.98 Å². The molecule has 0 bridgehead atoms. The minimum atomic E-state index is 0.414. The Morgan fingerprint density at radius 2 is 2.04 bits per heavy atom. The fraction of sp³-hybridized carbons (Fsp3) is 0.421. The molecule has 2 heterocycles. The number of halogens is 1. The number of thiocarbonyl (C=S) groups is 1. The second-order valence-corrected chi connectivity index (χ2v) is 7.50. The van der Waals surface area contributed by atoms with Crippen LogP contribution in [0.2, 0.25) is 5.15 Å². The number of hydrogen-bond acceptors (Lipinski definition) is 4. The van der Waals surface area contributed by atoms with Crippen LogP contribution in [0.5, 0.6) is 0 Å². The van der Waals surface area contributed by atoms with Crippen molar-refractivity contribution in [2.75, 3.05) is 16.8 Å². The predicted octanol–water partition coefficient (Wildman–Crippen LogP) is 4.30. The van der Waals surface area contributed by atoms with Crippen LogP contribution in [0.4, 0.5) is 11.8 Å². The number of nitrogens with zero attached hydrogens (tertiary/aromatic N) is 3. The Balaban J connectivity index is 1.63. The van der Waals surface area contributed by atoms with Gasteiger partial charge in [-0.05, 0) is 50.9 Å². The van der Waals surface area contributed by atoms with Crippen molar-refractivity contribution in [1.82, 2.24) is 15.3 Å². The van der Waals surface area contributed by atoms with Gasteiger partial charge in [0.15, 0.2) is 5.11 Å². The molecule has 1 fully saturated rings. The number of benzene rings is 1. The molecule has 1 aliphatic heterocycles. The van der Waals surface area contributed by atoms with Crippen molar-refractivity contribution < 1.29 is 0 Å². The second kappa shape index (κ2) is 8.64. The summed E-state index contributed by atoms with van der Waals surface area (Å²) < 4.78 is 0. The van der Waals surface area contributed by atoms with Crippen LogP contribution < -0.4 is 15.5 Å². The second-order valence-electron chi connectivity index (χ2n) is 6.70. The molecule has 1 saturated heterocycles. The molecule has 0 saturated carbocycles. The first-order valence-electron chi connectivity index (χ1n) is 8.93. The van der Waals surface area contributed by atoms with Gasteiger partial charge in [0.25, 0.3) is 0 Å². The maximum Gasteiger partial charge on any atom is 0.232 e. The lowest BCUT2D eigenvalue weighted by molar-refractivity contribution is 0.481. The molecule has 1 aromatic heterocycles. The zero-order chi connectivity index (χ0) is 18.5. The normalized spacial score (nSPS) is 17.0. The van der Waals surface area contributed by atoms with E-state index in [-0.39, 0.29) is 0 Å². The molecule has 2 N–H and O–H groups in total. The van der Waals surface area contributed by atoms with Crippen LogP contribution in [0.25, 0.3) is 0 Å². The molecule has 0 aliphatic carbocycles. The van der Waals surface area contributed by atoms with Crippen LogP contribution in [-0.4, -0.2) is 27.7 Å². The van der Waals surface area contributed by atoms with Gasteiger partial charge in [-0.3, -0.25) is 0 Å². The monoisotopic (exact) mass is 389 g/mol. The van der Waals surface area contributed by atoms with Gasteiger partial charge >= 0.3 is 0 Å². The first-order valence-corrected chi connectivity index (χ1v) is 9.71. The van der Waals surface area contributed by atoms with Crippen molar-refractivity contribution in [3.8, 4) is 0 Å². The number of nitrogens with one attached hydrogen (secondary N) is 2. The Kier molecular flexibility index (Phi) is 6.27. The number of aromatic nitrogens is 2. The highest BCUT2D eigenvalue weighted by Crippen LogP contribution is 2.25. The predicted molar refractivity (Wildman–Crippen MR) is 112 cm³/mol. The summed E-state index contributed by atoms with van der Waals surface area (Å²) in [5, 5.41) is 7.11. The summed E-state index contributed by atoms with van der Waals surface area (Å²) in [4.78, 5) is 11.1. The lowest BCUT2D eigenvalue weighted by atomic mass is 10.0.